The van der Waals surface area contributed by atoms with Crippen molar-refractivity contribution in [2.24, 2.45) is 0 Å². The van der Waals surface area contributed by atoms with Crippen molar-refractivity contribution < 1.29 is 9.18 Å². The van der Waals surface area contributed by atoms with Gasteiger partial charge in [-0.3, -0.25) is 9.69 Å². The number of ketones is 1. The SMILES string of the molecule is CCC(=O)C12CCC(C[C@@H](c3ccc(F)cc3)C1)N2C. The summed E-state index contributed by atoms with van der Waals surface area (Å²) in [5, 5.41) is 0. The van der Waals surface area contributed by atoms with E-state index in [0.717, 1.165) is 25.7 Å². The largest absolute Gasteiger partial charge is 0.298 e. The number of benzene rings is 1. The molecule has 0 saturated carbocycles. The van der Waals surface area contributed by atoms with Gasteiger partial charge in [-0.1, -0.05) is 19.1 Å². The Morgan fingerprint density at radius 3 is 2.75 bits per heavy atom. The Morgan fingerprint density at radius 1 is 1.40 bits per heavy atom. The first-order valence-corrected chi connectivity index (χ1v) is 7.58. The van der Waals surface area contributed by atoms with E-state index in [2.05, 4.69) is 11.9 Å². The fourth-order valence-electron chi connectivity index (χ4n) is 4.23. The van der Waals surface area contributed by atoms with Crippen molar-refractivity contribution in [3.8, 4) is 0 Å². The molecule has 2 aliphatic rings. The molecule has 3 rings (SSSR count). The Kier molecular flexibility index (Phi) is 3.41. The number of halogens is 1. The molecule has 0 aromatic heterocycles. The van der Waals surface area contributed by atoms with Crippen molar-refractivity contribution in [1.29, 1.82) is 0 Å². The summed E-state index contributed by atoms with van der Waals surface area (Å²) in [7, 11) is 2.10. The average Bonchev–Trinajstić information content (AvgIpc) is 2.66. The van der Waals surface area contributed by atoms with Crippen LogP contribution in [0.1, 0.15) is 50.5 Å². The van der Waals surface area contributed by atoms with Crippen LogP contribution in [0.25, 0.3) is 0 Å². The van der Waals surface area contributed by atoms with Gasteiger partial charge in [-0.2, -0.15) is 0 Å². The third-order valence-corrected chi connectivity index (χ3v) is 5.44. The minimum atomic E-state index is -0.267. The molecule has 2 saturated heterocycles. The summed E-state index contributed by atoms with van der Waals surface area (Å²) in [6, 6.07) is 7.33. The van der Waals surface area contributed by atoms with Gasteiger partial charge in [-0.05, 0) is 56.3 Å². The van der Waals surface area contributed by atoms with E-state index in [1.54, 1.807) is 0 Å². The Balaban J connectivity index is 1.90. The number of rotatable bonds is 3. The van der Waals surface area contributed by atoms with Crippen molar-refractivity contribution in [2.75, 3.05) is 7.05 Å². The fraction of sp³-hybridized carbons (Fsp3) is 0.588. The first-order chi connectivity index (χ1) is 9.56. The normalized spacial score (nSPS) is 33.4. The molecule has 0 amide bonds. The van der Waals surface area contributed by atoms with Crippen molar-refractivity contribution >= 4 is 5.78 Å². The summed E-state index contributed by atoms with van der Waals surface area (Å²) in [5.74, 6) is 0.563. The Labute approximate surface area is 120 Å². The molecule has 0 N–H and O–H groups in total. The van der Waals surface area contributed by atoms with Crippen molar-refractivity contribution in [2.45, 2.75) is 56.5 Å². The molecule has 2 unspecified atom stereocenters. The molecule has 3 atom stereocenters. The molecule has 3 heteroatoms. The molecule has 1 aromatic rings. The Bertz CT molecular complexity index is 512. The molecular weight excluding hydrogens is 253 g/mol. The predicted octanol–water partition coefficient (Wildman–Crippen LogP) is 3.52. The second-order valence-electron chi connectivity index (χ2n) is 6.30. The first-order valence-electron chi connectivity index (χ1n) is 7.58. The molecule has 1 aromatic carbocycles. The highest BCUT2D eigenvalue weighted by molar-refractivity contribution is 5.89. The monoisotopic (exact) mass is 275 g/mol. The number of carbonyl (C=O) groups excluding carboxylic acids is 1. The van der Waals surface area contributed by atoms with Gasteiger partial charge in [-0.25, -0.2) is 4.39 Å². The van der Waals surface area contributed by atoms with E-state index in [0.29, 0.717) is 24.2 Å². The second kappa shape index (κ2) is 4.96. The van der Waals surface area contributed by atoms with E-state index in [1.165, 1.54) is 17.7 Å². The zero-order valence-electron chi connectivity index (χ0n) is 12.2. The van der Waals surface area contributed by atoms with Crippen LogP contribution in [-0.2, 0) is 4.79 Å². The molecule has 0 spiro atoms. The maximum atomic E-state index is 13.1. The fourth-order valence-corrected chi connectivity index (χ4v) is 4.23. The van der Waals surface area contributed by atoms with Gasteiger partial charge in [0, 0.05) is 12.5 Å². The number of fused-ring (bicyclic) bond motifs is 2. The van der Waals surface area contributed by atoms with Crippen molar-refractivity contribution in [3.05, 3.63) is 35.6 Å². The predicted molar refractivity (Wildman–Crippen MR) is 77.2 cm³/mol. The smallest absolute Gasteiger partial charge is 0.152 e. The van der Waals surface area contributed by atoms with Gasteiger partial charge in [0.2, 0.25) is 0 Å². The van der Waals surface area contributed by atoms with E-state index in [4.69, 9.17) is 0 Å². The first kappa shape index (κ1) is 13.7. The van der Waals surface area contributed by atoms with Crippen molar-refractivity contribution in [1.82, 2.24) is 4.90 Å². The molecule has 0 aliphatic carbocycles. The van der Waals surface area contributed by atoms with E-state index in [-0.39, 0.29) is 11.4 Å². The number of likely N-dealkylation sites (N-methyl/N-ethyl adjacent to an activating group) is 1. The summed E-state index contributed by atoms with van der Waals surface area (Å²) in [5.41, 5.74) is 0.913. The minimum Gasteiger partial charge on any atom is -0.298 e. The van der Waals surface area contributed by atoms with Gasteiger partial charge in [0.1, 0.15) is 5.82 Å². The minimum absolute atomic E-state index is 0.191. The van der Waals surface area contributed by atoms with Crippen LogP contribution in [-0.4, -0.2) is 29.3 Å². The summed E-state index contributed by atoms with van der Waals surface area (Å²) in [6.45, 7) is 1.96. The van der Waals surface area contributed by atoms with Crippen LogP contribution in [0.3, 0.4) is 0 Å². The lowest BCUT2D eigenvalue weighted by Crippen LogP contribution is -2.54. The van der Waals surface area contributed by atoms with Crippen LogP contribution in [0.4, 0.5) is 4.39 Å². The zero-order chi connectivity index (χ0) is 14.3. The maximum Gasteiger partial charge on any atom is 0.152 e. The molecule has 108 valence electrons. The van der Waals surface area contributed by atoms with Gasteiger partial charge in [0.25, 0.3) is 0 Å². The standard InChI is InChI=1S/C17H22FNO/c1-3-16(20)17-9-8-15(19(17)2)10-13(11-17)12-4-6-14(18)7-5-12/h4-7,13,15H,3,8-11H2,1-2H3/t13-,15?,17?/m1/s1. The Morgan fingerprint density at radius 2 is 2.10 bits per heavy atom. The number of carbonyl (C=O) groups is 1. The van der Waals surface area contributed by atoms with Crippen LogP contribution in [0, 0.1) is 5.82 Å². The molecular formula is C17H22FNO. The highest BCUT2D eigenvalue weighted by Gasteiger charge is 2.53. The number of piperidine rings is 1. The summed E-state index contributed by atoms with van der Waals surface area (Å²) < 4.78 is 13.1. The van der Waals surface area contributed by atoms with Crippen LogP contribution >= 0.6 is 0 Å². The lowest BCUT2D eigenvalue weighted by atomic mass is 9.75. The highest BCUT2D eigenvalue weighted by atomic mass is 19.1. The number of hydrogen-bond acceptors (Lipinski definition) is 2. The van der Waals surface area contributed by atoms with Crippen molar-refractivity contribution in [3.63, 3.8) is 0 Å². The van der Waals surface area contributed by atoms with Gasteiger partial charge in [0.15, 0.2) is 5.78 Å². The highest BCUT2D eigenvalue weighted by Crippen LogP contribution is 2.49. The number of Topliss-reactive ketones (excluding diaryl/α,β-unsaturated/α-hetero) is 1. The summed E-state index contributed by atoms with van der Waals surface area (Å²) in [4.78, 5) is 14.8. The van der Waals surface area contributed by atoms with E-state index < -0.39 is 0 Å². The van der Waals surface area contributed by atoms with Gasteiger partial charge in [-0.15, -0.1) is 0 Å². The van der Waals surface area contributed by atoms with E-state index in [1.807, 2.05) is 19.1 Å². The lowest BCUT2D eigenvalue weighted by molar-refractivity contribution is -0.131. The Hall–Kier alpha value is -1.22. The number of nitrogens with zero attached hydrogens (tertiary/aromatic N) is 1. The third kappa shape index (κ3) is 1.99. The van der Waals surface area contributed by atoms with E-state index in [9.17, 15) is 9.18 Å². The van der Waals surface area contributed by atoms with Crippen LogP contribution in [0.5, 0.6) is 0 Å². The molecule has 2 fully saturated rings. The lowest BCUT2D eigenvalue weighted by Gasteiger charge is -2.45. The quantitative estimate of drug-likeness (QED) is 0.841. The molecule has 0 radical (unpaired) electrons. The molecule has 2 bridgehead atoms. The maximum absolute atomic E-state index is 13.1. The van der Waals surface area contributed by atoms with Gasteiger partial charge in [0.05, 0.1) is 5.54 Å². The van der Waals surface area contributed by atoms with Gasteiger partial charge < -0.3 is 0 Å². The molecule has 2 heterocycles. The van der Waals surface area contributed by atoms with Crippen LogP contribution < -0.4 is 0 Å². The molecule has 20 heavy (non-hydrogen) atoms. The average molecular weight is 275 g/mol. The van der Waals surface area contributed by atoms with Crippen LogP contribution in [0.15, 0.2) is 24.3 Å². The molecule has 2 nitrogen and oxygen atoms in total. The third-order valence-electron chi connectivity index (χ3n) is 5.44. The topological polar surface area (TPSA) is 20.3 Å². The number of hydrogen-bond donors (Lipinski definition) is 0. The van der Waals surface area contributed by atoms with Crippen LogP contribution in [0.2, 0.25) is 0 Å². The second-order valence-corrected chi connectivity index (χ2v) is 6.30. The zero-order valence-corrected chi connectivity index (χ0v) is 12.2. The van der Waals surface area contributed by atoms with E-state index >= 15 is 0 Å². The molecule has 2 aliphatic heterocycles. The van der Waals surface area contributed by atoms with Gasteiger partial charge >= 0.3 is 0 Å². The summed E-state index contributed by atoms with van der Waals surface area (Å²) in [6.07, 6.45) is 4.67. The summed E-state index contributed by atoms with van der Waals surface area (Å²) >= 11 is 0.